The molecule has 0 saturated heterocycles. The Morgan fingerprint density at radius 1 is 1.13 bits per heavy atom. The van der Waals surface area contributed by atoms with Crippen LogP contribution in [0.15, 0.2) is 41.4 Å². The van der Waals surface area contributed by atoms with Gasteiger partial charge in [0.15, 0.2) is 0 Å². The second-order valence-electron chi connectivity index (χ2n) is 6.94. The van der Waals surface area contributed by atoms with Gasteiger partial charge in [0.05, 0.1) is 0 Å². The van der Waals surface area contributed by atoms with Crippen LogP contribution in [-0.4, -0.2) is 16.8 Å². The van der Waals surface area contributed by atoms with Gasteiger partial charge in [0.2, 0.25) is 0 Å². The van der Waals surface area contributed by atoms with Gasteiger partial charge in [-0.05, 0) is 40.9 Å². The molecule has 0 atom stereocenters. The van der Waals surface area contributed by atoms with Crippen molar-refractivity contribution in [3.8, 4) is 0 Å². The summed E-state index contributed by atoms with van der Waals surface area (Å²) in [5, 5.41) is 2.61. The number of aromatic nitrogens is 1. The van der Waals surface area contributed by atoms with Crippen molar-refractivity contribution >= 4 is 27.5 Å². The molecular weight excluding hydrogens is 460 g/mol. The van der Waals surface area contributed by atoms with E-state index < -0.39 is 0 Å². The summed E-state index contributed by atoms with van der Waals surface area (Å²) in [6.07, 6.45) is 2.39. The van der Waals surface area contributed by atoms with Crippen LogP contribution in [0.3, 0.4) is 0 Å². The fourth-order valence-electron chi connectivity index (χ4n) is 3.73. The molecule has 1 aliphatic heterocycles. The minimum atomic E-state index is 0. The molecule has 3 heteroatoms. The van der Waals surface area contributed by atoms with Crippen molar-refractivity contribution in [3.05, 3.63) is 48.0 Å². The molecule has 1 radical (unpaired) electrons. The molecule has 2 nitrogen and oxygen atoms in total. The minimum absolute atomic E-state index is 0. The summed E-state index contributed by atoms with van der Waals surface area (Å²) in [7, 11) is 2.13. The number of nitrogens with zero attached hydrogens (tertiary/aromatic N) is 2. The molecule has 0 spiro atoms. The average molecular weight is 482 g/mol. The Morgan fingerprint density at radius 2 is 1.91 bits per heavy atom. The van der Waals surface area contributed by atoms with Gasteiger partial charge in [-0.1, -0.05) is 37.4 Å². The molecule has 0 fully saturated rings. The molecule has 1 aromatic heterocycles. The summed E-state index contributed by atoms with van der Waals surface area (Å²) in [5.41, 5.74) is 5.03. The molecule has 4 rings (SSSR count). The van der Waals surface area contributed by atoms with E-state index in [1.54, 1.807) is 0 Å². The van der Waals surface area contributed by atoms with Crippen LogP contribution in [0.1, 0.15) is 32.3 Å². The van der Waals surface area contributed by atoms with Gasteiger partial charge in [-0.25, -0.2) is 0 Å². The Hall–Kier alpha value is -1.44. The number of para-hydroxylation sites is 1. The van der Waals surface area contributed by atoms with E-state index >= 15 is 0 Å². The van der Waals surface area contributed by atoms with Gasteiger partial charge in [0.1, 0.15) is 0 Å². The van der Waals surface area contributed by atoms with Crippen molar-refractivity contribution < 1.29 is 20.1 Å². The fraction of sp³-hybridized carbons (Fsp3) is 0.350. The van der Waals surface area contributed by atoms with E-state index in [0.29, 0.717) is 0 Å². The van der Waals surface area contributed by atoms with E-state index in [4.69, 9.17) is 4.99 Å². The van der Waals surface area contributed by atoms with E-state index in [1.165, 1.54) is 40.4 Å². The summed E-state index contributed by atoms with van der Waals surface area (Å²) in [6, 6.07) is 16.5. The first kappa shape index (κ1) is 16.4. The van der Waals surface area contributed by atoms with Gasteiger partial charge in [-0.2, -0.15) is 0 Å². The van der Waals surface area contributed by atoms with Crippen molar-refractivity contribution in [3.63, 3.8) is 0 Å². The molecule has 2 heterocycles. The molecule has 2 aromatic carbocycles. The van der Waals surface area contributed by atoms with E-state index in [0.717, 1.165) is 12.1 Å². The number of benzene rings is 2. The maximum absolute atomic E-state index is 4.82. The van der Waals surface area contributed by atoms with Crippen molar-refractivity contribution in [1.29, 1.82) is 0 Å². The number of aliphatic imine (C=N–C) groups is 1. The Morgan fingerprint density at radius 3 is 2.70 bits per heavy atom. The third-order valence-electron chi connectivity index (χ3n) is 4.97. The Labute approximate surface area is 151 Å². The maximum atomic E-state index is 4.82. The first-order valence-corrected chi connectivity index (χ1v) is 8.02. The molecular formula is C20H21IrN2-. The van der Waals surface area contributed by atoms with Crippen molar-refractivity contribution in [2.75, 3.05) is 6.54 Å². The van der Waals surface area contributed by atoms with Crippen molar-refractivity contribution in [2.45, 2.75) is 26.7 Å². The zero-order valence-electron chi connectivity index (χ0n) is 13.8. The normalized spacial score (nSPS) is 17.1. The number of aryl methyl sites for hydroxylation is 1. The van der Waals surface area contributed by atoms with E-state index in [2.05, 4.69) is 67.9 Å². The molecule has 1 aliphatic rings. The first-order chi connectivity index (χ1) is 10.6. The van der Waals surface area contributed by atoms with Gasteiger partial charge in [-0.15, -0.1) is 23.8 Å². The summed E-state index contributed by atoms with van der Waals surface area (Å²) in [5.74, 6) is 0. The van der Waals surface area contributed by atoms with Crippen molar-refractivity contribution in [2.24, 2.45) is 17.5 Å². The van der Waals surface area contributed by atoms with Gasteiger partial charge < -0.3 is 9.56 Å². The van der Waals surface area contributed by atoms with Crippen LogP contribution in [0.4, 0.5) is 0 Å². The van der Waals surface area contributed by atoms with Crippen LogP contribution >= 0.6 is 0 Å². The van der Waals surface area contributed by atoms with Crippen LogP contribution in [0.2, 0.25) is 0 Å². The molecule has 121 valence electrons. The second-order valence-corrected chi connectivity index (χ2v) is 6.94. The molecule has 0 bridgehead atoms. The molecule has 0 amide bonds. The summed E-state index contributed by atoms with van der Waals surface area (Å²) < 4.78 is 2.25. The summed E-state index contributed by atoms with van der Waals surface area (Å²) >= 11 is 0. The van der Waals surface area contributed by atoms with E-state index in [1.807, 2.05) is 0 Å². The second kappa shape index (κ2) is 5.88. The van der Waals surface area contributed by atoms with Gasteiger partial charge >= 0.3 is 0 Å². The zero-order valence-corrected chi connectivity index (χ0v) is 16.2. The Kier molecular flexibility index (Phi) is 4.20. The minimum Gasteiger partial charge on any atom is -0.383 e. The first-order valence-electron chi connectivity index (χ1n) is 8.02. The molecule has 23 heavy (non-hydrogen) atoms. The van der Waals surface area contributed by atoms with Crippen LogP contribution in [0.5, 0.6) is 0 Å². The van der Waals surface area contributed by atoms with Crippen LogP contribution < -0.4 is 0 Å². The Bertz CT molecular complexity index is 903. The smallest absolute Gasteiger partial charge is 0.0389 e. The number of fused-ring (bicyclic) bond motifs is 3. The molecule has 0 aliphatic carbocycles. The number of rotatable bonds is 1. The van der Waals surface area contributed by atoms with E-state index in [-0.39, 0.29) is 25.5 Å². The fourth-order valence-corrected chi connectivity index (χ4v) is 3.73. The third kappa shape index (κ3) is 2.56. The van der Waals surface area contributed by atoms with Gasteiger partial charge in [0, 0.05) is 39.2 Å². The maximum Gasteiger partial charge on any atom is 0.0389 e. The standard InChI is InChI=1S/C20H21N2.Ir/c1-20(2)11-6-12-21-19(20)14-9-10-18-16(13-14)15-7-4-5-8-17(15)22(18)3;/h4-5,7-8,10,13H,6,11-12H2,1-3H3;/q-1;. The largest absolute Gasteiger partial charge is 0.383 e. The van der Waals surface area contributed by atoms with E-state index in [9.17, 15) is 0 Å². The quantitative estimate of drug-likeness (QED) is 0.447. The molecule has 0 unspecified atom stereocenters. The molecule has 0 saturated carbocycles. The van der Waals surface area contributed by atoms with Crippen LogP contribution in [-0.2, 0) is 27.2 Å². The summed E-state index contributed by atoms with van der Waals surface area (Å²) in [4.78, 5) is 4.82. The number of hydrogen-bond acceptors (Lipinski definition) is 1. The Balaban J connectivity index is 0.00000156. The van der Waals surface area contributed by atoms with Crippen molar-refractivity contribution in [1.82, 2.24) is 4.57 Å². The van der Waals surface area contributed by atoms with Crippen LogP contribution in [0.25, 0.3) is 21.8 Å². The SMILES string of the molecule is Cn1c2c[c-]c(C3=NCCCC3(C)C)cc2c2ccccc21.[Ir]. The topological polar surface area (TPSA) is 17.3 Å². The third-order valence-corrected chi connectivity index (χ3v) is 4.97. The molecule has 3 aromatic rings. The van der Waals surface area contributed by atoms with Gasteiger partial charge in [0.25, 0.3) is 0 Å². The predicted octanol–water partition coefficient (Wildman–Crippen LogP) is 4.74. The average Bonchev–Trinajstić information content (AvgIpc) is 2.80. The number of hydrogen-bond donors (Lipinski definition) is 0. The summed E-state index contributed by atoms with van der Waals surface area (Å²) in [6.45, 7) is 5.54. The van der Waals surface area contributed by atoms with Crippen LogP contribution in [0, 0.1) is 11.5 Å². The monoisotopic (exact) mass is 482 g/mol. The van der Waals surface area contributed by atoms with Gasteiger partial charge in [-0.3, -0.25) is 0 Å². The molecule has 0 N–H and O–H groups in total. The zero-order chi connectivity index (χ0) is 15.3. The predicted molar refractivity (Wildman–Crippen MR) is 93.7 cm³/mol.